The molecule has 4 nitrogen and oxygen atoms in total. The lowest BCUT2D eigenvalue weighted by molar-refractivity contribution is 0.0179. The second kappa shape index (κ2) is 4.36. The van der Waals surface area contributed by atoms with Crippen LogP contribution in [-0.2, 0) is 12.5 Å². The van der Waals surface area contributed by atoms with E-state index in [0.717, 1.165) is 6.92 Å². The fourth-order valence-corrected chi connectivity index (χ4v) is 1.76. The predicted molar refractivity (Wildman–Crippen MR) is 61.8 cm³/mol. The maximum absolute atomic E-state index is 13.5. The van der Waals surface area contributed by atoms with Crippen LogP contribution in [0.5, 0.6) is 5.75 Å². The van der Waals surface area contributed by atoms with Crippen LogP contribution in [0.3, 0.4) is 0 Å². The summed E-state index contributed by atoms with van der Waals surface area (Å²) in [5, 5.41) is 3.14. The van der Waals surface area contributed by atoms with Gasteiger partial charge in [0.25, 0.3) is 5.92 Å². The molecule has 1 aromatic carbocycles. The minimum atomic E-state index is -3.06. The van der Waals surface area contributed by atoms with Crippen LogP contribution in [0.25, 0.3) is 11.0 Å². The fraction of sp³-hybridized carbons (Fsp3) is 0.333. The number of rotatable bonds is 4. The number of hydrogen-bond acceptors (Lipinski definition) is 4. The molecule has 18 heavy (non-hydrogen) atoms. The van der Waals surface area contributed by atoms with Gasteiger partial charge < -0.3 is 9.15 Å². The molecule has 0 aliphatic carbocycles. The summed E-state index contributed by atoms with van der Waals surface area (Å²) in [4.78, 5) is 10.2. The number of methoxy groups -OCH3 is 1. The second-order valence-electron chi connectivity index (χ2n) is 3.98. The number of nitrogens with zero attached hydrogens (tertiary/aromatic N) is 1. The normalized spacial score (nSPS) is 11.8. The quantitative estimate of drug-likeness (QED) is 0.780. The van der Waals surface area contributed by atoms with Crippen LogP contribution in [0.1, 0.15) is 18.2 Å². The van der Waals surface area contributed by atoms with Crippen LogP contribution >= 0.6 is 0 Å². The van der Waals surface area contributed by atoms with E-state index in [1.165, 1.54) is 19.2 Å². The van der Waals surface area contributed by atoms with Crippen LogP contribution < -0.4 is 4.74 Å². The number of ether oxygens (including phenoxy) is 1. The van der Waals surface area contributed by atoms with Gasteiger partial charge in [-0.15, -0.1) is 0 Å². The van der Waals surface area contributed by atoms with E-state index in [9.17, 15) is 13.7 Å². The molecule has 6 heteroatoms. The van der Waals surface area contributed by atoms with E-state index in [4.69, 9.17) is 9.15 Å². The topological polar surface area (TPSA) is 51.8 Å². The lowest BCUT2D eigenvalue weighted by atomic mass is 10.1. The third-order valence-electron chi connectivity index (χ3n) is 2.57. The molecule has 0 bridgehead atoms. The molecular weight excluding hydrogens is 244 g/mol. The van der Waals surface area contributed by atoms with E-state index in [0.29, 0.717) is 11.1 Å². The smallest absolute Gasteiger partial charge is 0.274 e. The first-order valence-corrected chi connectivity index (χ1v) is 5.23. The highest BCUT2D eigenvalue weighted by atomic mass is 19.3. The molecule has 2 aromatic rings. The molecule has 0 saturated heterocycles. The number of furan rings is 1. The van der Waals surface area contributed by atoms with E-state index < -0.39 is 5.92 Å². The van der Waals surface area contributed by atoms with Gasteiger partial charge in [-0.25, -0.2) is 8.78 Å². The molecule has 0 atom stereocenters. The first-order valence-electron chi connectivity index (χ1n) is 5.23. The Bertz CT molecular complexity index is 587. The molecule has 0 radical (unpaired) electrons. The standard InChI is InChI=1S/C12H11F2NO3/c1-12(13,14)10-5-8(17-2)3-7-4-9(6-15-16)18-11(7)10/h3-5H,6H2,1-2H3. The van der Waals surface area contributed by atoms with Gasteiger partial charge in [0, 0.05) is 12.3 Å². The van der Waals surface area contributed by atoms with Crippen molar-refractivity contribution < 1.29 is 17.9 Å². The van der Waals surface area contributed by atoms with Gasteiger partial charge in [-0.1, -0.05) is 5.18 Å². The average Bonchev–Trinajstić information content (AvgIpc) is 2.68. The Morgan fingerprint density at radius 3 is 2.67 bits per heavy atom. The Kier molecular flexibility index (Phi) is 3.02. The highest BCUT2D eigenvalue weighted by Crippen LogP contribution is 2.37. The van der Waals surface area contributed by atoms with Crippen molar-refractivity contribution in [2.24, 2.45) is 5.18 Å². The van der Waals surface area contributed by atoms with Gasteiger partial charge in [-0.05, 0) is 18.2 Å². The molecular formula is C12H11F2NO3. The molecule has 0 spiro atoms. The van der Waals surface area contributed by atoms with Crippen LogP contribution in [0.4, 0.5) is 8.78 Å². The number of halogens is 2. The van der Waals surface area contributed by atoms with Crippen molar-refractivity contribution >= 4 is 11.0 Å². The summed E-state index contributed by atoms with van der Waals surface area (Å²) in [6.45, 7) is 0.590. The van der Waals surface area contributed by atoms with Crippen LogP contribution in [0, 0.1) is 4.91 Å². The molecule has 0 saturated carbocycles. The third-order valence-corrected chi connectivity index (χ3v) is 2.57. The average molecular weight is 255 g/mol. The Labute approximate surface area is 102 Å². The first-order chi connectivity index (χ1) is 8.45. The first kappa shape index (κ1) is 12.5. The summed E-state index contributed by atoms with van der Waals surface area (Å²) in [6.07, 6.45) is 0. The van der Waals surface area contributed by atoms with Gasteiger partial charge in [0.15, 0.2) is 0 Å². The predicted octanol–water partition coefficient (Wildman–Crippen LogP) is 3.82. The number of benzene rings is 1. The minimum absolute atomic E-state index is 0.0574. The molecule has 1 aromatic heterocycles. The molecule has 0 aliphatic rings. The summed E-state index contributed by atoms with van der Waals surface area (Å²) in [5.41, 5.74) is -0.212. The van der Waals surface area contributed by atoms with Crippen LogP contribution in [-0.4, -0.2) is 7.11 Å². The summed E-state index contributed by atoms with van der Waals surface area (Å²) >= 11 is 0. The lowest BCUT2D eigenvalue weighted by Gasteiger charge is -2.12. The third kappa shape index (κ3) is 2.18. The minimum Gasteiger partial charge on any atom is -0.497 e. The van der Waals surface area contributed by atoms with E-state index in [2.05, 4.69) is 5.18 Å². The number of fused-ring (bicyclic) bond motifs is 1. The van der Waals surface area contributed by atoms with E-state index >= 15 is 0 Å². The van der Waals surface area contributed by atoms with Crippen molar-refractivity contribution in [3.63, 3.8) is 0 Å². The highest BCUT2D eigenvalue weighted by molar-refractivity contribution is 5.83. The van der Waals surface area contributed by atoms with Gasteiger partial charge >= 0.3 is 0 Å². The largest absolute Gasteiger partial charge is 0.497 e. The van der Waals surface area contributed by atoms with Crippen molar-refractivity contribution in [2.75, 3.05) is 7.11 Å². The Morgan fingerprint density at radius 1 is 1.39 bits per heavy atom. The van der Waals surface area contributed by atoms with Crippen molar-refractivity contribution in [3.8, 4) is 5.75 Å². The number of hydrogen-bond donors (Lipinski definition) is 0. The van der Waals surface area contributed by atoms with E-state index in [1.807, 2.05) is 0 Å². The molecule has 96 valence electrons. The van der Waals surface area contributed by atoms with Crippen molar-refractivity contribution in [3.05, 3.63) is 34.4 Å². The zero-order valence-electron chi connectivity index (χ0n) is 9.87. The summed E-state index contributed by atoms with van der Waals surface area (Å²) in [5.74, 6) is -2.50. The SMILES string of the molecule is COc1cc(C(C)(F)F)c2oc(CN=O)cc2c1. The molecule has 2 rings (SSSR count). The van der Waals surface area contributed by atoms with Crippen LogP contribution in [0.15, 0.2) is 27.8 Å². The Morgan fingerprint density at radius 2 is 2.11 bits per heavy atom. The summed E-state index contributed by atoms with van der Waals surface area (Å²) in [6, 6.07) is 4.31. The molecule has 0 N–H and O–H groups in total. The molecule has 0 amide bonds. The number of nitroso groups, excluding NO2 is 1. The molecule has 1 heterocycles. The maximum Gasteiger partial charge on any atom is 0.274 e. The highest BCUT2D eigenvalue weighted by Gasteiger charge is 2.29. The zero-order chi connectivity index (χ0) is 13.3. The van der Waals surface area contributed by atoms with E-state index in [1.54, 1.807) is 6.07 Å². The van der Waals surface area contributed by atoms with Crippen molar-refractivity contribution in [1.29, 1.82) is 0 Å². The second-order valence-corrected chi connectivity index (χ2v) is 3.98. The summed E-state index contributed by atoms with van der Waals surface area (Å²) < 4.78 is 37.2. The molecule has 0 unspecified atom stereocenters. The van der Waals surface area contributed by atoms with Crippen molar-refractivity contribution in [2.45, 2.75) is 19.4 Å². The van der Waals surface area contributed by atoms with E-state index in [-0.39, 0.29) is 23.5 Å². The van der Waals surface area contributed by atoms with Gasteiger partial charge in [0.1, 0.15) is 23.6 Å². The Hall–Kier alpha value is -1.98. The fourth-order valence-electron chi connectivity index (χ4n) is 1.76. The summed E-state index contributed by atoms with van der Waals surface area (Å²) in [7, 11) is 1.40. The number of alkyl halides is 2. The molecule has 0 fully saturated rings. The monoisotopic (exact) mass is 255 g/mol. The van der Waals surface area contributed by atoms with Gasteiger partial charge in [-0.3, -0.25) is 0 Å². The Balaban J connectivity index is 2.69. The zero-order valence-corrected chi connectivity index (χ0v) is 9.87. The van der Waals surface area contributed by atoms with Crippen molar-refractivity contribution in [1.82, 2.24) is 0 Å². The van der Waals surface area contributed by atoms with Gasteiger partial charge in [0.2, 0.25) is 0 Å². The van der Waals surface area contributed by atoms with Crippen LogP contribution in [0.2, 0.25) is 0 Å². The van der Waals surface area contributed by atoms with Gasteiger partial charge in [0.05, 0.1) is 12.7 Å². The lowest BCUT2D eigenvalue weighted by Crippen LogP contribution is -2.07. The molecule has 0 aliphatic heterocycles. The van der Waals surface area contributed by atoms with Gasteiger partial charge in [-0.2, -0.15) is 4.91 Å². The maximum atomic E-state index is 13.5.